The Labute approximate surface area is 196 Å². The standard InChI is InChI=1S/C25H25N3O4S/c1-16-8-3-4-10-18(16)19-11-5-6-12-20(19)23(29)28-21(25(31)32)14-22(33-2)24(30)27-17-9-7-13-26-15-17/h3-13,15,21-22H,14H2,1-2H3,(H,27,30)(H,28,29)(H,31,32). The van der Waals surface area contributed by atoms with Crippen LogP contribution in [0.1, 0.15) is 22.3 Å². The second-order valence-corrected chi connectivity index (χ2v) is 8.46. The molecule has 8 heteroatoms. The highest BCUT2D eigenvalue weighted by Crippen LogP contribution is 2.27. The molecule has 0 saturated heterocycles. The number of nitrogens with zero attached hydrogens (tertiary/aromatic N) is 1. The highest BCUT2D eigenvalue weighted by molar-refractivity contribution is 7.99. The van der Waals surface area contributed by atoms with Crippen LogP contribution in [0.3, 0.4) is 0 Å². The number of hydrogen-bond acceptors (Lipinski definition) is 5. The van der Waals surface area contributed by atoms with Gasteiger partial charge in [0.2, 0.25) is 5.91 Å². The van der Waals surface area contributed by atoms with Crippen LogP contribution in [0.25, 0.3) is 11.1 Å². The number of anilines is 1. The van der Waals surface area contributed by atoms with E-state index in [-0.39, 0.29) is 12.3 Å². The van der Waals surface area contributed by atoms with Crippen LogP contribution < -0.4 is 10.6 Å². The van der Waals surface area contributed by atoms with Gasteiger partial charge in [-0.2, -0.15) is 11.8 Å². The van der Waals surface area contributed by atoms with Gasteiger partial charge in [-0.05, 0) is 54.5 Å². The van der Waals surface area contributed by atoms with Crippen LogP contribution in [0.4, 0.5) is 5.69 Å². The topological polar surface area (TPSA) is 108 Å². The molecule has 33 heavy (non-hydrogen) atoms. The molecule has 0 saturated carbocycles. The number of thioether (sulfide) groups is 1. The third-order valence-corrected chi connectivity index (χ3v) is 6.14. The largest absolute Gasteiger partial charge is 0.480 e. The van der Waals surface area contributed by atoms with Crippen molar-refractivity contribution in [3.8, 4) is 11.1 Å². The Morgan fingerprint density at radius 3 is 2.33 bits per heavy atom. The number of rotatable bonds is 9. The van der Waals surface area contributed by atoms with Crippen molar-refractivity contribution in [2.45, 2.75) is 24.6 Å². The van der Waals surface area contributed by atoms with E-state index >= 15 is 0 Å². The molecule has 0 radical (unpaired) electrons. The van der Waals surface area contributed by atoms with Gasteiger partial charge in [0, 0.05) is 11.8 Å². The van der Waals surface area contributed by atoms with Crippen molar-refractivity contribution in [3.05, 3.63) is 84.2 Å². The number of aromatic nitrogens is 1. The summed E-state index contributed by atoms with van der Waals surface area (Å²) in [6.45, 7) is 1.95. The Morgan fingerprint density at radius 1 is 1.00 bits per heavy atom. The predicted molar refractivity (Wildman–Crippen MR) is 130 cm³/mol. The third kappa shape index (κ3) is 6.20. The van der Waals surface area contributed by atoms with E-state index in [1.54, 1.807) is 36.7 Å². The Hall–Kier alpha value is -3.65. The minimum Gasteiger partial charge on any atom is -0.480 e. The fraction of sp³-hybridized carbons (Fsp3) is 0.200. The van der Waals surface area contributed by atoms with Crippen LogP contribution in [0.15, 0.2) is 73.1 Å². The molecule has 2 aromatic carbocycles. The first-order chi connectivity index (χ1) is 15.9. The highest BCUT2D eigenvalue weighted by Gasteiger charge is 2.29. The molecule has 0 fully saturated rings. The van der Waals surface area contributed by atoms with Crippen LogP contribution in [0.2, 0.25) is 0 Å². The van der Waals surface area contributed by atoms with Crippen molar-refractivity contribution >= 4 is 35.2 Å². The summed E-state index contributed by atoms with van der Waals surface area (Å²) in [5, 5.41) is 14.4. The van der Waals surface area contributed by atoms with Gasteiger partial charge in [-0.3, -0.25) is 14.6 Å². The van der Waals surface area contributed by atoms with Crippen molar-refractivity contribution in [2.75, 3.05) is 11.6 Å². The monoisotopic (exact) mass is 463 g/mol. The molecule has 1 aromatic heterocycles. The molecule has 2 amide bonds. The number of aryl methyl sites for hydroxylation is 1. The lowest BCUT2D eigenvalue weighted by molar-refractivity contribution is -0.139. The van der Waals surface area contributed by atoms with E-state index in [2.05, 4.69) is 15.6 Å². The van der Waals surface area contributed by atoms with E-state index in [4.69, 9.17) is 0 Å². The molecule has 3 N–H and O–H groups in total. The Morgan fingerprint density at radius 2 is 1.70 bits per heavy atom. The van der Waals surface area contributed by atoms with E-state index in [9.17, 15) is 19.5 Å². The molecule has 2 atom stereocenters. The lowest BCUT2D eigenvalue weighted by Gasteiger charge is -2.21. The molecule has 0 spiro atoms. The molecule has 0 bridgehead atoms. The summed E-state index contributed by atoms with van der Waals surface area (Å²) in [4.78, 5) is 41.7. The lowest BCUT2D eigenvalue weighted by atomic mass is 9.95. The molecule has 0 aliphatic carbocycles. The summed E-state index contributed by atoms with van der Waals surface area (Å²) in [7, 11) is 0. The van der Waals surface area contributed by atoms with Gasteiger partial charge in [0.25, 0.3) is 5.91 Å². The van der Waals surface area contributed by atoms with Gasteiger partial charge >= 0.3 is 5.97 Å². The van der Waals surface area contributed by atoms with Crippen molar-refractivity contribution < 1.29 is 19.5 Å². The minimum atomic E-state index is -1.24. The lowest BCUT2D eigenvalue weighted by Crippen LogP contribution is -2.44. The van der Waals surface area contributed by atoms with Crippen LogP contribution in [0.5, 0.6) is 0 Å². The SMILES string of the molecule is CSC(CC(NC(=O)c1ccccc1-c1ccccc1C)C(=O)O)C(=O)Nc1cccnc1. The van der Waals surface area contributed by atoms with E-state index < -0.39 is 23.2 Å². The van der Waals surface area contributed by atoms with E-state index in [0.29, 0.717) is 16.8 Å². The van der Waals surface area contributed by atoms with Crippen molar-refractivity contribution in [2.24, 2.45) is 0 Å². The highest BCUT2D eigenvalue weighted by atomic mass is 32.2. The number of pyridine rings is 1. The van der Waals surface area contributed by atoms with Gasteiger partial charge in [-0.25, -0.2) is 4.79 Å². The smallest absolute Gasteiger partial charge is 0.326 e. The quantitative estimate of drug-likeness (QED) is 0.443. The molecular formula is C25H25N3O4S. The zero-order valence-electron chi connectivity index (χ0n) is 18.3. The number of nitrogens with one attached hydrogen (secondary N) is 2. The van der Waals surface area contributed by atoms with Crippen LogP contribution in [-0.2, 0) is 9.59 Å². The number of benzene rings is 2. The number of carbonyl (C=O) groups excluding carboxylic acids is 2. The van der Waals surface area contributed by atoms with Gasteiger partial charge in [0.15, 0.2) is 0 Å². The molecule has 3 aromatic rings. The number of aliphatic carboxylic acids is 1. The predicted octanol–water partition coefficient (Wildman–Crippen LogP) is 4.00. The van der Waals surface area contributed by atoms with E-state index in [1.165, 1.54) is 18.0 Å². The first-order valence-corrected chi connectivity index (χ1v) is 11.6. The van der Waals surface area contributed by atoms with Gasteiger partial charge in [-0.15, -0.1) is 0 Å². The van der Waals surface area contributed by atoms with Crippen molar-refractivity contribution in [3.63, 3.8) is 0 Å². The van der Waals surface area contributed by atoms with Gasteiger partial charge in [0.1, 0.15) is 6.04 Å². The fourth-order valence-electron chi connectivity index (χ4n) is 3.43. The number of amides is 2. The normalized spacial score (nSPS) is 12.4. The Bertz CT molecular complexity index is 1140. The van der Waals surface area contributed by atoms with E-state index in [1.807, 2.05) is 43.3 Å². The summed E-state index contributed by atoms with van der Waals surface area (Å²) in [6, 6.07) is 16.9. The van der Waals surface area contributed by atoms with Gasteiger partial charge in [0.05, 0.1) is 17.1 Å². The van der Waals surface area contributed by atoms with Gasteiger partial charge in [-0.1, -0.05) is 42.5 Å². The summed E-state index contributed by atoms with van der Waals surface area (Å²) >= 11 is 1.22. The zero-order valence-corrected chi connectivity index (χ0v) is 19.1. The average molecular weight is 464 g/mol. The summed E-state index contributed by atoms with van der Waals surface area (Å²) in [6.07, 6.45) is 4.75. The zero-order chi connectivity index (χ0) is 23.8. The molecule has 0 aliphatic rings. The second kappa shape index (κ2) is 11.3. The minimum absolute atomic E-state index is 0.0686. The first-order valence-electron chi connectivity index (χ1n) is 10.3. The molecule has 7 nitrogen and oxygen atoms in total. The third-order valence-electron chi connectivity index (χ3n) is 5.17. The summed E-state index contributed by atoms with van der Waals surface area (Å²) in [5.74, 6) is -2.06. The van der Waals surface area contributed by atoms with Gasteiger partial charge < -0.3 is 15.7 Å². The van der Waals surface area contributed by atoms with E-state index in [0.717, 1.165) is 11.1 Å². The first kappa shape index (κ1) is 24.0. The summed E-state index contributed by atoms with van der Waals surface area (Å²) < 4.78 is 0. The number of carboxylic acids is 1. The molecule has 2 unspecified atom stereocenters. The molecule has 170 valence electrons. The molecule has 1 heterocycles. The maximum absolute atomic E-state index is 13.1. The fourth-order valence-corrected chi connectivity index (χ4v) is 4.09. The average Bonchev–Trinajstić information content (AvgIpc) is 2.82. The summed E-state index contributed by atoms with van der Waals surface area (Å²) in [5.41, 5.74) is 3.51. The van der Waals surface area contributed by atoms with Crippen molar-refractivity contribution in [1.82, 2.24) is 10.3 Å². The number of carbonyl (C=O) groups is 3. The molecule has 3 rings (SSSR count). The Kier molecular flexibility index (Phi) is 8.21. The maximum Gasteiger partial charge on any atom is 0.326 e. The molecular weight excluding hydrogens is 438 g/mol. The van der Waals surface area contributed by atoms with Crippen molar-refractivity contribution in [1.29, 1.82) is 0 Å². The number of hydrogen-bond donors (Lipinski definition) is 3. The Balaban J connectivity index is 1.77. The van der Waals surface area contributed by atoms with Crippen LogP contribution >= 0.6 is 11.8 Å². The van der Waals surface area contributed by atoms with Crippen LogP contribution in [0, 0.1) is 6.92 Å². The second-order valence-electron chi connectivity index (χ2n) is 7.42. The number of carboxylic acid groups (broad SMARTS) is 1. The molecule has 0 aliphatic heterocycles. The maximum atomic E-state index is 13.1. The van der Waals surface area contributed by atoms with Crippen LogP contribution in [-0.4, -0.2) is 45.4 Å².